The third-order valence-electron chi connectivity index (χ3n) is 2.27. The Morgan fingerprint density at radius 3 is 1.72 bits per heavy atom. The van der Waals surface area contributed by atoms with E-state index in [0.29, 0.717) is 12.8 Å². The standard InChI is InChI=1S/C6H17N3.C5H13O3P/c1-2-3-4-5-6(7,8)9;1-2-3-4-5-9(6,7)8/h2-5,7-9H2,1H3;2-5H2,1H3,(H2,6,7,8). The van der Waals surface area contributed by atoms with Crippen molar-refractivity contribution in [2.24, 2.45) is 17.2 Å². The molecule has 0 saturated carbocycles. The third-order valence-corrected chi connectivity index (χ3v) is 3.17. The molecule has 8 N–H and O–H groups in total. The number of hydrogen-bond donors (Lipinski definition) is 5. The molecular weight excluding hydrogens is 253 g/mol. The first-order valence-corrected chi connectivity index (χ1v) is 8.33. The van der Waals surface area contributed by atoms with Gasteiger partial charge in [0.2, 0.25) is 0 Å². The van der Waals surface area contributed by atoms with Crippen LogP contribution in [-0.4, -0.2) is 21.7 Å². The van der Waals surface area contributed by atoms with Crippen LogP contribution in [0.1, 0.15) is 58.8 Å². The molecule has 0 radical (unpaired) electrons. The monoisotopic (exact) mass is 283 g/mol. The zero-order chi connectivity index (χ0) is 14.7. The van der Waals surface area contributed by atoms with E-state index >= 15 is 0 Å². The van der Waals surface area contributed by atoms with Gasteiger partial charge in [-0.3, -0.25) is 4.57 Å². The Morgan fingerprint density at radius 1 is 0.944 bits per heavy atom. The normalized spacial score (nSPS) is 11.9. The Balaban J connectivity index is 0. The van der Waals surface area contributed by atoms with Crippen molar-refractivity contribution < 1.29 is 14.4 Å². The van der Waals surface area contributed by atoms with E-state index in [0.717, 1.165) is 25.7 Å². The van der Waals surface area contributed by atoms with Crippen molar-refractivity contribution in [2.75, 3.05) is 6.16 Å². The van der Waals surface area contributed by atoms with E-state index in [2.05, 4.69) is 6.92 Å². The van der Waals surface area contributed by atoms with Crippen LogP contribution < -0.4 is 17.2 Å². The summed E-state index contributed by atoms with van der Waals surface area (Å²) in [5, 5.41) is 0. The van der Waals surface area contributed by atoms with E-state index < -0.39 is 13.4 Å². The zero-order valence-electron chi connectivity index (χ0n) is 11.6. The number of rotatable bonds is 8. The maximum atomic E-state index is 10.2. The smallest absolute Gasteiger partial charge is 0.324 e. The molecule has 0 fully saturated rings. The SMILES string of the molecule is CCCCCC(N)(N)N.CCCCCP(=O)(O)O. The van der Waals surface area contributed by atoms with Gasteiger partial charge >= 0.3 is 7.60 Å². The summed E-state index contributed by atoms with van der Waals surface area (Å²) in [5.41, 5.74) is 16.0. The Labute approximate surface area is 110 Å². The largest absolute Gasteiger partial charge is 0.325 e. The van der Waals surface area contributed by atoms with Gasteiger partial charge in [-0.25, -0.2) is 0 Å². The molecule has 0 amide bonds. The van der Waals surface area contributed by atoms with Crippen molar-refractivity contribution >= 4 is 7.60 Å². The second kappa shape index (κ2) is 10.9. The average Bonchev–Trinajstić information content (AvgIpc) is 2.16. The third kappa shape index (κ3) is 25.0. The lowest BCUT2D eigenvalue weighted by Gasteiger charge is -2.17. The van der Waals surface area contributed by atoms with Gasteiger partial charge in [-0.05, 0) is 19.3 Å². The van der Waals surface area contributed by atoms with Crippen LogP contribution >= 0.6 is 7.60 Å². The molecule has 0 atom stereocenters. The minimum atomic E-state index is -3.70. The predicted molar refractivity (Wildman–Crippen MR) is 75.9 cm³/mol. The minimum absolute atomic E-state index is 0.0425. The molecular formula is C11H30N3O3P. The fraction of sp³-hybridized carbons (Fsp3) is 1.00. The lowest BCUT2D eigenvalue weighted by Crippen LogP contribution is -2.57. The highest BCUT2D eigenvalue weighted by Gasteiger charge is 2.10. The summed E-state index contributed by atoms with van der Waals surface area (Å²) < 4.78 is 10.2. The van der Waals surface area contributed by atoms with Crippen LogP contribution in [0.25, 0.3) is 0 Å². The summed E-state index contributed by atoms with van der Waals surface area (Å²) in [6.07, 6.45) is 6.66. The van der Waals surface area contributed by atoms with E-state index in [1.54, 1.807) is 0 Å². The predicted octanol–water partition coefficient (Wildman–Crippen LogP) is 1.45. The molecule has 7 heteroatoms. The highest BCUT2D eigenvalue weighted by Crippen LogP contribution is 2.35. The van der Waals surface area contributed by atoms with E-state index in [-0.39, 0.29) is 6.16 Å². The lowest BCUT2D eigenvalue weighted by molar-refractivity contribution is 0.371. The Hall–Kier alpha value is 0.0300. The van der Waals surface area contributed by atoms with Crippen molar-refractivity contribution in [3.63, 3.8) is 0 Å². The minimum Gasteiger partial charge on any atom is -0.324 e. The Morgan fingerprint density at radius 2 is 1.39 bits per heavy atom. The van der Waals surface area contributed by atoms with Crippen LogP contribution in [0.5, 0.6) is 0 Å². The second-order valence-corrected chi connectivity index (χ2v) is 6.44. The summed E-state index contributed by atoms with van der Waals surface area (Å²) in [4.78, 5) is 16.7. The zero-order valence-corrected chi connectivity index (χ0v) is 12.5. The molecule has 112 valence electrons. The van der Waals surface area contributed by atoms with Crippen LogP contribution in [0.4, 0.5) is 0 Å². The summed E-state index contributed by atoms with van der Waals surface area (Å²) >= 11 is 0. The van der Waals surface area contributed by atoms with Gasteiger partial charge in [0, 0.05) is 6.16 Å². The topological polar surface area (TPSA) is 136 Å². The van der Waals surface area contributed by atoms with E-state index in [1.165, 1.54) is 6.42 Å². The van der Waals surface area contributed by atoms with Gasteiger partial charge in [-0.1, -0.05) is 39.5 Å². The molecule has 0 spiro atoms. The molecule has 6 nitrogen and oxygen atoms in total. The van der Waals surface area contributed by atoms with Crippen molar-refractivity contribution in [2.45, 2.75) is 64.6 Å². The van der Waals surface area contributed by atoms with Crippen LogP contribution in [0.3, 0.4) is 0 Å². The summed E-state index contributed by atoms with van der Waals surface area (Å²) in [5.74, 6) is -0.949. The molecule has 0 aliphatic rings. The molecule has 0 saturated heterocycles. The average molecular weight is 283 g/mol. The molecule has 0 rings (SSSR count). The van der Waals surface area contributed by atoms with E-state index in [4.69, 9.17) is 27.0 Å². The van der Waals surface area contributed by atoms with Crippen LogP contribution in [0.2, 0.25) is 0 Å². The molecule has 0 aliphatic carbocycles. The number of nitrogens with two attached hydrogens (primary N) is 3. The number of hydrogen-bond acceptors (Lipinski definition) is 4. The Kier molecular flexibility index (Phi) is 12.3. The highest BCUT2D eigenvalue weighted by atomic mass is 31.2. The van der Waals surface area contributed by atoms with Crippen molar-refractivity contribution in [1.82, 2.24) is 0 Å². The fourth-order valence-corrected chi connectivity index (χ4v) is 1.88. The molecule has 0 bridgehead atoms. The molecule has 18 heavy (non-hydrogen) atoms. The van der Waals surface area contributed by atoms with Gasteiger partial charge in [-0.15, -0.1) is 0 Å². The van der Waals surface area contributed by atoms with Gasteiger partial charge in [-0.2, -0.15) is 0 Å². The van der Waals surface area contributed by atoms with Crippen LogP contribution in [0.15, 0.2) is 0 Å². The molecule has 0 heterocycles. The van der Waals surface area contributed by atoms with E-state index in [9.17, 15) is 4.57 Å². The molecule has 0 aromatic carbocycles. The first kappa shape index (κ1) is 20.3. The van der Waals surface area contributed by atoms with Gasteiger partial charge in [0.05, 0.1) is 0 Å². The second-order valence-electron chi connectivity index (χ2n) is 4.66. The quantitative estimate of drug-likeness (QED) is 0.260. The lowest BCUT2D eigenvalue weighted by atomic mass is 10.1. The van der Waals surface area contributed by atoms with Gasteiger partial charge in [0.15, 0.2) is 0 Å². The summed E-state index contributed by atoms with van der Waals surface area (Å²) in [6, 6.07) is 0. The van der Waals surface area contributed by atoms with Gasteiger partial charge in [0.25, 0.3) is 0 Å². The number of unbranched alkanes of at least 4 members (excludes halogenated alkanes) is 4. The summed E-state index contributed by atoms with van der Waals surface area (Å²) in [6.45, 7) is 4.13. The van der Waals surface area contributed by atoms with Crippen molar-refractivity contribution in [3.8, 4) is 0 Å². The summed E-state index contributed by atoms with van der Waals surface area (Å²) in [7, 11) is -3.70. The first-order valence-electron chi connectivity index (χ1n) is 6.53. The molecule has 0 aromatic rings. The maximum absolute atomic E-state index is 10.2. The molecule has 0 unspecified atom stereocenters. The van der Waals surface area contributed by atoms with Gasteiger partial charge < -0.3 is 27.0 Å². The van der Waals surface area contributed by atoms with E-state index in [1.807, 2.05) is 6.92 Å². The van der Waals surface area contributed by atoms with Crippen LogP contribution in [-0.2, 0) is 4.57 Å². The van der Waals surface area contributed by atoms with Crippen LogP contribution in [0, 0.1) is 0 Å². The van der Waals surface area contributed by atoms with Crippen molar-refractivity contribution in [1.29, 1.82) is 0 Å². The highest BCUT2D eigenvalue weighted by molar-refractivity contribution is 7.51. The molecule has 0 aromatic heterocycles. The molecule has 0 aliphatic heterocycles. The van der Waals surface area contributed by atoms with Gasteiger partial charge in [0.1, 0.15) is 5.79 Å². The first-order chi connectivity index (χ1) is 8.12. The van der Waals surface area contributed by atoms with Crippen molar-refractivity contribution in [3.05, 3.63) is 0 Å². The fourth-order valence-electron chi connectivity index (χ4n) is 1.25. The maximum Gasteiger partial charge on any atom is 0.325 e. The Bertz CT molecular complexity index is 226.